The maximum Gasteiger partial charge on any atom is 0.466 e. The van der Waals surface area contributed by atoms with E-state index in [1.54, 1.807) is 0 Å². The number of aryl methyl sites for hydroxylation is 1. The van der Waals surface area contributed by atoms with Crippen LogP contribution in [0.5, 0.6) is 0 Å². The van der Waals surface area contributed by atoms with E-state index in [2.05, 4.69) is 31.2 Å². The third-order valence-electron chi connectivity index (χ3n) is 3.02. The molecule has 0 heterocycles. The second-order valence-electron chi connectivity index (χ2n) is 5.08. The quantitative estimate of drug-likeness (QED) is 0.424. The largest absolute Gasteiger partial charge is 0.466 e. The average molecular weight is 446 g/mol. The molecule has 1 aromatic rings. The van der Waals surface area contributed by atoms with Crippen molar-refractivity contribution in [3.8, 4) is 0 Å². The molecule has 0 amide bonds. The Balaban J connectivity index is 0.000000690. The van der Waals surface area contributed by atoms with Gasteiger partial charge in [0, 0.05) is 0 Å². The second kappa shape index (κ2) is 13.2. The van der Waals surface area contributed by atoms with Gasteiger partial charge >= 0.3 is 129 Å². The van der Waals surface area contributed by atoms with E-state index in [0.717, 1.165) is 0 Å². The van der Waals surface area contributed by atoms with Crippen LogP contribution in [0.25, 0.3) is 0 Å². The minimum atomic E-state index is -4.64. The van der Waals surface area contributed by atoms with Crippen molar-refractivity contribution in [2.75, 3.05) is 0 Å². The molecule has 1 rings (SSSR count). The Bertz CT molecular complexity index is 394. The van der Waals surface area contributed by atoms with Crippen LogP contribution in [0, 0.1) is 38.8 Å². The molecule has 0 saturated carbocycles. The van der Waals surface area contributed by atoms with Crippen LogP contribution in [0.4, 0.5) is 0 Å². The fraction of sp³-hybridized carbons (Fsp3) is 0.600. The van der Waals surface area contributed by atoms with E-state index in [1.807, 2.05) is 0 Å². The molecule has 0 aliphatic rings. The number of benzene rings is 1. The van der Waals surface area contributed by atoms with Crippen LogP contribution >= 0.6 is 7.82 Å². The van der Waals surface area contributed by atoms with E-state index in [-0.39, 0.29) is 0 Å². The van der Waals surface area contributed by atoms with Crippen molar-refractivity contribution >= 4 is 9.04 Å². The van der Waals surface area contributed by atoms with Crippen LogP contribution < -0.4 is 1.21 Å². The Morgan fingerprint density at radius 1 is 0.905 bits per heavy atom. The van der Waals surface area contributed by atoms with Crippen LogP contribution in [0.15, 0.2) is 24.3 Å². The van der Waals surface area contributed by atoms with Gasteiger partial charge < -0.3 is 14.7 Å². The number of rotatable bonds is 8. The maximum absolute atomic E-state index is 8.88. The smallest absolute Gasteiger partial charge is 0.303 e. The Morgan fingerprint density at radius 2 is 1.33 bits per heavy atom. The third kappa shape index (κ3) is 18.6. The van der Waals surface area contributed by atoms with Crippen LogP contribution in [-0.4, -0.2) is 14.7 Å². The summed E-state index contributed by atoms with van der Waals surface area (Å²) >= 11 is 1.18. The monoisotopic (exact) mass is 443 g/mol. The number of hydrogen-bond acceptors (Lipinski definition) is 1. The van der Waals surface area contributed by atoms with Crippen molar-refractivity contribution in [3.05, 3.63) is 29.8 Å². The summed E-state index contributed by atoms with van der Waals surface area (Å²) in [6.07, 6.45) is 11.1. The van der Waals surface area contributed by atoms with Crippen molar-refractivity contribution < 1.29 is 58.0 Å². The fourth-order valence-corrected chi connectivity index (χ4v) is 2.49. The van der Waals surface area contributed by atoms with E-state index in [0.29, 0.717) is 0 Å². The van der Waals surface area contributed by atoms with Crippen LogP contribution in [0.1, 0.15) is 57.4 Å². The molecular weight excluding hydrogens is 419 g/mol. The predicted octanol–water partition coefficient (Wildman–Crippen LogP) is 3.23. The third-order valence-corrected chi connectivity index (χ3v) is 4.09. The summed E-state index contributed by atoms with van der Waals surface area (Å²) in [7, 11) is -4.64. The van der Waals surface area contributed by atoms with E-state index >= 15 is 0 Å². The van der Waals surface area contributed by atoms with Gasteiger partial charge in [0.1, 0.15) is 0 Å². The Labute approximate surface area is 154 Å². The van der Waals surface area contributed by atoms with Crippen LogP contribution in [0.3, 0.4) is 0 Å². The topological polar surface area (TPSA) is 77.8 Å². The Morgan fingerprint density at radius 3 is 1.81 bits per heavy atom. The van der Waals surface area contributed by atoms with E-state index in [1.165, 1.54) is 96.9 Å². The number of hydrogen-bond donors (Lipinski definition) is 3. The molecule has 1 aromatic carbocycles. The molecule has 0 unspecified atom stereocenters. The summed E-state index contributed by atoms with van der Waals surface area (Å²) in [5.41, 5.74) is 1.52. The molecule has 0 saturated heterocycles. The molecule has 0 fully saturated rings. The fourth-order valence-electron chi connectivity index (χ4n) is 1.96. The maximum atomic E-state index is 8.88. The van der Waals surface area contributed by atoms with Gasteiger partial charge in [-0.05, 0) is 0 Å². The zero-order valence-electron chi connectivity index (χ0n) is 12.7. The van der Waals surface area contributed by atoms with Crippen molar-refractivity contribution in [1.29, 1.82) is 0 Å². The van der Waals surface area contributed by atoms with E-state index < -0.39 is 7.82 Å². The van der Waals surface area contributed by atoms with Crippen LogP contribution in [-0.2, 0) is 11.0 Å². The molecular formula is C15H26NdO4P. The number of unbranched alkanes of at least 4 members (excludes halogenated alkanes) is 6. The minimum Gasteiger partial charge on any atom is -0.303 e. The van der Waals surface area contributed by atoms with Crippen molar-refractivity contribution in [3.63, 3.8) is 0 Å². The van der Waals surface area contributed by atoms with Gasteiger partial charge in [-0.1, -0.05) is 6.92 Å². The van der Waals surface area contributed by atoms with Gasteiger partial charge in [-0.25, -0.2) is 4.57 Å². The van der Waals surface area contributed by atoms with Gasteiger partial charge in [0.05, 0.1) is 0 Å². The zero-order valence-corrected chi connectivity index (χ0v) is 16.8. The molecule has 0 bridgehead atoms. The normalized spacial score (nSPS) is 10.8. The summed E-state index contributed by atoms with van der Waals surface area (Å²) in [6, 6.07) is 9.17. The van der Waals surface area contributed by atoms with Gasteiger partial charge in [0.15, 0.2) is 0 Å². The molecule has 0 aromatic heterocycles. The molecule has 6 heteroatoms. The first-order chi connectivity index (χ1) is 9.83. The van der Waals surface area contributed by atoms with Gasteiger partial charge in [-0.15, -0.1) is 0 Å². The standard InChI is InChI=1S/C15H23.Nd.H3O4P/c1-2-3-4-5-6-7-9-12-15-13-10-8-11-14-15;;1-5(2,3)4/h10-11,13-14H,2-7,9,12H2,1H3;;(H3,1,2,3,4). The summed E-state index contributed by atoms with van der Waals surface area (Å²) in [4.78, 5) is 21.6. The first-order valence-corrected chi connectivity index (χ1v) is 10.6. The molecule has 4 nitrogen and oxygen atoms in total. The molecule has 0 radical (unpaired) electrons. The second-order valence-corrected chi connectivity index (χ2v) is 7.96. The molecule has 0 spiro atoms. The minimum absolute atomic E-state index is 1.18. The van der Waals surface area contributed by atoms with Crippen molar-refractivity contribution in [2.45, 2.75) is 58.3 Å². The van der Waals surface area contributed by atoms with Crippen LogP contribution in [0.2, 0.25) is 0 Å². The van der Waals surface area contributed by atoms with E-state index in [4.69, 9.17) is 19.2 Å². The molecule has 21 heavy (non-hydrogen) atoms. The summed E-state index contributed by atoms with van der Waals surface area (Å²) in [5.74, 6) is 0. The molecule has 119 valence electrons. The van der Waals surface area contributed by atoms with Gasteiger partial charge in [0.2, 0.25) is 0 Å². The summed E-state index contributed by atoms with van der Waals surface area (Å²) in [5, 5.41) is 0. The number of phosphoric acid groups is 1. The average Bonchev–Trinajstić information content (AvgIpc) is 2.38. The van der Waals surface area contributed by atoms with Gasteiger partial charge in [-0.3, -0.25) is 0 Å². The molecule has 3 N–H and O–H groups in total. The Hall–Kier alpha value is 0.681. The summed E-state index contributed by atoms with van der Waals surface area (Å²) < 4.78 is 10.4. The molecule has 0 aliphatic heterocycles. The first kappa shape index (κ1) is 21.7. The predicted molar refractivity (Wildman–Crippen MR) is 82.0 cm³/mol. The zero-order chi connectivity index (χ0) is 16.1. The van der Waals surface area contributed by atoms with E-state index in [9.17, 15) is 0 Å². The summed E-state index contributed by atoms with van der Waals surface area (Å²) in [6.45, 7) is 2.28. The van der Waals surface area contributed by atoms with Crippen molar-refractivity contribution in [1.82, 2.24) is 0 Å². The molecule has 0 atom stereocenters. The SMILES string of the molecule is CCCCCCCCCc1cc[c]([Nd])cc1.O=P(O)(O)O. The van der Waals surface area contributed by atoms with Gasteiger partial charge in [0.25, 0.3) is 0 Å². The van der Waals surface area contributed by atoms with Gasteiger partial charge in [-0.2, -0.15) is 0 Å². The van der Waals surface area contributed by atoms with Crippen molar-refractivity contribution in [2.24, 2.45) is 0 Å². The molecule has 0 aliphatic carbocycles. The first-order valence-electron chi connectivity index (χ1n) is 7.41. The Kier molecular flexibility index (Phi) is 13.6.